The van der Waals surface area contributed by atoms with Gasteiger partial charge in [0.1, 0.15) is 0 Å². The molecule has 35 heavy (non-hydrogen) atoms. The van der Waals surface area contributed by atoms with E-state index in [9.17, 15) is 26.4 Å². The van der Waals surface area contributed by atoms with Crippen LogP contribution in [0.25, 0.3) is 0 Å². The second-order valence-electron chi connectivity index (χ2n) is 9.08. The van der Waals surface area contributed by atoms with Crippen molar-refractivity contribution >= 4 is 27.6 Å². The van der Waals surface area contributed by atoms with Crippen molar-refractivity contribution in [2.24, 2.45) is 0 Å². The molecule has 1 aliphatic rings. The van der Waals surface area contributed by atoms with Gasteiger partial charge < -0.3 is 5.11 Å². The quantitative estimate of drug-likeness (QED) is 0.563. The number of carboxylic acid groups (broad SMARTS) is 1. The molecule has 0 radical (unpaired) electrons. The smallest absolute Gasteiger partial charge is 0.417 e. The molecular formula is C24H28ClF3N2O4S. The number of hydrogen-bond donors (Lipinski definition) is 1. The van der Waals surface area contributed by atoms with Crippen LogP contribution in [0.2, 0.25) is 5.02 Å². The molecule has 2 unspecified atom stereocenters. The van der Waals surface area contributed by atoms with Crippen LogP contribution < -0.4 is 0 Å². The molecule has 1 saturated heterocycles. The van der Waals surface area contributed by atoms with Gasteiger partial charge in [-0.3, -0.25) is 9.69 Å². The summed E-state index contributed by atoms with van der Waals surface area (Å²) < 4.78 is 67.2. The summed E-state index contributed by atoms with van der Waals surface area (Å²) in [5.41, 5.74) is 0.886. The van der Waals surface area contributed by atoms with E-state index < -0.39 is 27.7 Å². The highest BCUT2D eigenvalue weighted by Crippen LogP contribution is 2.35. The van der Waals surface area contributed by atoms with E-state index in [1.165, 1.54) is 22.5 Å². The SMILES string of the molecule is Cc1cc(CC(=O)O)cc(S(=O)(=O)N2C(C)CN(CCc3ccc(C(F)(F)F)c(Cl)c3)CC2C)c1. The first kappa shape index (κ1) is 27.4. The Hall–Kier alpha value is -2.14. The van der Waals surface area contributed by atoms with Crippen molar-refractivity contribution in [3.05, 3.63) is 63.7 Å². The summed E-state index contributed by atoms with van der Waals surface area (Å²) in [6.45, 7) is 6.78. The van der Waals surface area contributed by atoms with Crippen LogP contribution in [0.15, 0.2) is 41.3 Å². The van der Waals surface area contributed by atoms with E-state index in [4.69, 9.17) is 16.7 Å². The predicted molar refractivity (Wildman–Crippen MR) is 127 cm³/mol. The lowest BCUT2D eigenvalue weighted by atomic mass is 10.1. The van der Waals surface area contributed by atoms with E-state index in [0.717, 1.165) is 6.07 Å². The third kappa shape index (κ3) is 6.55. The zero-order valence-electron chi connectivity index (χ0n) is 19.6. The van der Waals surface area contributed by atoms with Gasteiger partial charge in [-0.2, -0.15) is 17.5 Å². The molecule has 3 rings (SSSR count). The highest BCUT2D eigenvalue weighted by Gasteiger charge is 2.38. The number of carboxylic acids is 1. The van der Waals surface area contributed by atoms with Crippen LogP contribution in [0.3, 0.4) is 0 Å². The number of aliphatic carboxylic acids is 1. The topological polar surface area (TPSA) is 77.9 Å². The van der Waals surface area contributed by atoms with E-state index in [-0.39, 0.29) is 28.4 Å². The van der Waals surface area contributed by atoms with Gasteiger partial charge in [0, 0.05) is 31.7 Å². The molecule has 192 valence electrons. The fourth-order valence-corrected chi connectivity index (χ4v) is 6.95. The van der Waals surface area contributed by atoms with Gasteiger partial charge >= 0.3 is 12.1 Å². The molecule has 1 heterocycles. The van der Waals surface area contributed by atoms with Gasteiger partial charge in [0.2, 0.25) is 10.0 Å². The van der Waals surface area contributed by atoms with Crippen LogP contribution in [-0.2, 0) is 33.8 Å². The Balaban J connectivity index is 1.71. The zero-order valence-corrected chi connectivity index (χ0v) is 21.2. The van der Waals surface area contributed by atoms with Crippen molar-refractivity contribution in [1.29, 1.82) is 0 Å². The summed E-state index contributed by atoms with van der Waals surface area (Å²) in [4.78, 5) is 13.3. The minimum Gasteiger partial charge on any atom is -0.481 e. The molecule has 1 N–H and O–H groups in total. The lowest BCUT2D eigenvalue weighted by Gasteiger charge is -2.43. The van der Waals surface area contributed by atoms with Crippen LogP contribution in [0.4, 0.5) is 13.2 Å². The maximum Gasteiger partial charge on any atom is 0.417 e. The second kappa shape index (κ2) is 10.5. The van der Waals surface area contributed by atoms with Crippen LogP contribution in [-0.4, -0.2) is 60.4 Å². The van der Waals surface area contributed by atoms with Crippen molar-refractivity contribution in [1.82, 2.24) is 9.21 Å². The number of aryl methyl sites for hydroxylation is 1. The standard InChI is InChI=1S/C24H28ClF3N2O4S/c1-15-8-19(12-23(31)32)10-20(9-15)35(33,34)30-16(2)13-29(14-17(30)3)7-6-18-4-5-21(22(25)11-18)24(26,27)28/h4-5,8-11,16-17H,6-7,12-14H2,1-3H3,(H,31,32). The molecule has 0 spiro atoms. The van der Waals surface area contributed by atoms with Crippen molar-refractivity contribution in [2.75, 3.05) is 19.6 Å². The fraction of sp³-hybridized carbons (Fsp3) is 0.458. The number of piperazine rings is 1. The van der Waals surface area contributed by atoms with E-state index in [1.807, 2.05) is 13.8 Å². The lowest BCUT2D eigenvalue weighted by molar-refractivity contribution is -0.138. The van der Waals surface area contributed by atoms with Crippen LogP contribution in [0.1, 0.15) is 36.1 Å². The molecule has 2 aromatic carbocycles. The number of nitrogens with zero attached hydrogens (tertiary/aromatic N) is 2. The number of rotatable bonds is 7. The molecule has 1 aliphatic heterocycles. The first-order valence-corrected chi connectivity index (χ1v) is 12.9. The number of carbonyl (C=O) groups is 1. The Morgan fingerprint density at radius 1 is 1.09 bits per heavy atom. The molecule has 0 aliphatic carbocycles. The summed E-state index contributed by atoms with van der Waals surface area (Å²) in [6.07, 6.45) is -4.30. The zero-order chi connectivity index (χ0) is 26.1. The van der Waals surface area contributed by atoms with E-state index in [0.29, 0.717) is 42.7 Å². The van der Waals surface area contributed by atoms with Crippen LogP contribution in [0, 0.1) is 6.92 Å². The maximum absolute atomic E-state index is 13.5. The Bertz CT molecular complexity index is 1190. The van der Waals surface area contributed by atoms with Gasteiger partial charge in [0.15, 0.2) is 0 Å². The fourth-order valence-electron chi connectivity index (χ4n) is 4.68. The minimum absolute atomic E-state index is 0.0697. The summed E-state index contributed by atoms with van der Waals surface area (Å²) in [5.74, 6) is -1.04. The van der Waals surface area contributed by atoms with Crippen molar-refractivity contribution in [2.45, 2.75) is 56.8 Å². The van der Waals surface area contributed by atoms with Crippen molar-refractivity contribution in [3.8, 4) is 0 Å². The predicted octanol–water partition coefficient (Wildman–Crippen LogP) is 4.62. The molecule has 0 bridgehead atoms. The first-order valence-electron chi connectivity index (χ1n) is 11.1. The number of sulfonamides is 1. The molecule has 11 heteroatoms. The van der Waals surface area contributed by atoms with Crippen LogP contribution in [0.5, 0.6) is 0 Å². The van der Waals surface area contributed by atoms with Crippen molar-refractivity contribution < 1.29 is 31.5 Å². The van der Waals surface area contributed by atoms with Gasteiger partial charge in [0.25, 0.3) is 0 Å². The van der Waals surface area contributed by atoms with Gasteiger partial charge in [0.05, 0.1) is 21.9 Å². The second-order valence-corrected chi connectivity index (χ2v) is 11.3. The molecule has 2 aromatic rings. The largest absolute Gasteiger partial charge is 0.481 e. The van der Waals surface area contributed by atoms with Gasteiger partial charge in [-0.15, -0.1) is 0 Å². The monoisotopic (exact) mass is 532 g/mol. The average molecular weight is 533 g/mol. The Kier molecular flexibility index (Phi) is 8.20. The third-order valence-electron chi connectivity index (χ3n) is 6.01. The summed E-state index contributed by atoms with van der Waals surface area (Å²) in [5, 5.41) is 8.75. The summed E-state index contributed by atoms with van der Waals surface area (Å²) in [7, 11) is -3.87. The summed E-state index contributed by atoms with van der Waals surface area (Å²) >= 11 is 5.82. The van der Waals surface area contributed by atoms with E-state index in [1.54, 1.807) is 19.1 Å². The number of alkyl halides is 3. The maximum atomic E-state index is 13.5. The van der Waals surface area contributed by atoms with Crippen molar-refractivity contribution in [3.63, 3.8) is 0 Å². The normalized spacial score (nSPS) is 20.2. The van der Waals surface area contributed by atoms with Gasteiger partial charge in [-0.25, -0.2) is 8.42 Å². The van der Waals surface area contributed by atoms with E-state index >= 15 is 0 Å². The molecule has 2 atom stereocenters. The molecule has 6 nitrogen and oxygen atoms in total. The first-order chi connectivity index (χ1) is 16.2. The number of hydrogen-bond acceptors (Lipinski definition) is 4. The van der Waals surface area contributed by atoms with Crippen LogP contribution >= 0.6 is 11.6 Å². The molecule has 0 saturated carbocycles. The minimum atomic E-state index is -4.51. The Labute approximate surface area is 208 Å². The molecule has 0 aromatic heterocycles. The highest BCUT2D eigenvalue weighted by molar-refractivity contribution is 7.89. The van der Waals surface area contributed by atoms with Gasteiger partial charge in [-0.05, 0) is 68.1 Å². The summed E-state index contributed by atoms with van der Waals surface area (Å²) in [6, 6.07) is 7.61. The third-order valence-corrected chi connectivity index (χ3v) is 8.43. The highest BCUT2D eigenvalue weighted by atomic mass is 35.5. The van der Waals surface area contributed by atoms with E-state index in [2.05, 4.69) is 4.90 Å². The number of halogens is 4. The average Bonchev–Trinajstić information content (AvgIpc) is 2.69. The molecular weight excluding hydrogens is 505 g/mol. The molecule has 1 fully saturated rings. The number of benzene rings is 2. The Morgan fingerprint density at radius 2 is 1.71 bits per heavy atom. The van der Waals surface area contributed by atoms with Gasteiger partial charge in [-0.1, -0.05) is 23.7 Å². The lowest BCUT2D eigenvalue weighted by Crippen LogP contribution is -2.58. The molecule has 0 amide bonds. The Morgan fingerprint density at radius 3 is 2.26 bits per heavy atom.